The number of benzene rings is 1. The summed E-state index contributed by atoms with van der Waals surface area (Å²) in [6.07, 6.45) is 0. The molecule has 0 aliphatic carbocycles. The van der Waals surface area contributed by atoms with Crippen molar-refractivity contribution in [3.63, 3.8) is 0 Å². The van der Waals surface area contributed by atoms with E-state index in [-0.39, 0.29) is 29.0 Å². The van der Waals surface area contributed by atoms with Crippen molar-refractivity contribution in [2.45, 2.75) is 0 Å². The summed E-state index contributed by atoms with van der Waals surface area (Å²) < 4.78 is 49.1. The van der Waals surface area contributed by atoms with Gasteiger partial charge in [-0.2, -0.15) is 0 Å². The number of urea groups is 1. The molecule has 8 heteroatoms. The van der Waals surface area contributed by atoms with E-state index in [1.165, 1.54) is 4.90 Å². The Bertz CT molecular complexity index is 652. The van der Waals surface area contributed by atoms with Gasteiger partial charge in [-0.05, 0) is 24.0 Å². The lowest BCUT2D eigenvalue weighted by atomic mass is 10.0. The number of halogens is 2. The SMILES string of the molecule is O=C(Nc1cc(F)cc(F)c1)N1C[C@@H]2CS(=O)(=O)C[C@@H]2C1. The van der Waals surface area contributed by atoms with E-state index in [1.807, 2.05) is 0 Å². The quantitative estimate of drug-likeness (QED) is 0.853. The predicted octanol–water partition coefficient (Wildman–Crippen LogP) is 1.47. The number of hydrogen-bond donors (Lipinski definition) is 1. The molecule has 2 aliphatic rings. The normalized spacial score (nSPS) is 26.7. The number of carbonyl (C=O) groups is 1. The molecule has 0 aromatic heterocycles. The molecule has 2 amide bonds. The van der Waals surface area contributed by atoms with Gasteiger partial charge in [0, 0.05) is 24.8 Å². The third-order valence-corrected chi connectivity index (χ3v) is 5.79. The molecule has 0 saturated carbocycles. The summed E-state index contributed by atoms with van der Waals surface area (Å²) in [6, 6.07) is 2.32. The van der Waals surface area contributed by atoms with Crippen LogP contribution in [0.15, 0.2) is 18.2 Å². The molecule has 2 heterocycles. The molecule has 1 aromatic rings. The summed E-state index contributed by atoms with van der Waals surface area (Å²) in [5.74, 6) is -1.40. The van der Waals surface area contributed by atoms with E-state index in [1.54, 1.807) is 0 Å². The van der Waals surface area contributed by atoms with Crippen molar-refractivity contribution < 1.29 is 22.0 Å². The van der Waals surface area contributed by atoms with Crippen LogP contribution < -0.4 is 5.32 Å². The second-order valence-electron chi connectivity index (χ2n) is 5.59. The Labute approximate surface area is 120 Å². The summed E-state index contributed by atoms with van der Waals surface area (Å²) in [5, 5.41) is 2.43. The minimum absolute atomic E-state index is 0.0370. The second-order valence-corrected chi connectivity index (χ2v) is 7.74. The highest BCUT2D eigenvalue weighted by Gasteiger charge is 2.44. The number of fused-ring (bicyclic) bond motifs is 1. The zero-order chi connectivity index (χ0) is 15.2. The molecule has 1 aromatic carbocycles. The van der Waals surface area contributed by atoms with Crippen LogP contribution in [-0.2, 0) is 9.84 Å². The third-order valence-electron chi connectivity index (χ3n) is 3.91. The van der Waals surface area contributed by atoms with E-state index >= 15 is 0 Å². The minimum Gasteiger partial charge on any atom is -0.324 e. The lowest BCUT2D eigenvalue weighted by Crippen LogP contribution is -2.34. The van der Waals surface area contributed by atoms with Crippen molar-refractivity contribution in [2.75, 3.05) is 29.9 Å². The number of hydrogen-bond acceptors (Lipinski definition) is 3. The zero-order valence-electron chi connectivity index (χ0n) is 11.1. The number of nitrogens with one attached hydrogen (secondary N) is 1. The van der Waals surface area contributed by atoms with E-state index in [0.717, 1.165) is 18.2 Å². The van der Waals surface area contributed by atoms with Crippen molar-refractivity contribution in [3.8, 4) is 0 Å². The van der Waals surface area contributed by atoms with Crippen molar-refractivity contribution in [2.24, 2.45) is 11.8 Å². The molecular formula is C13H14F2N2O3S. The van der Waals surface area contributed by atoms with Crippen LogP contribution in [0.25, 0.3) is 0 Å². The first-order valence-electron chi connectivity index (χ1n) is 6.55. The maximum absolute atomic E-state index is 13.1. The van der Waals surface area contributed by atoms with E-state index in [4.69, 9.17) is 0 Å². The number of sulfone groups is 1. The van der Waals surface area contributed by atoms with Crippen molar-refractivity contribution in [1.82, 2.24) is 4.90 Å². The first-order valence-corrected chi connectivity index (χ1v) is 8.37. The summed E-state index contributed by atoms with van der Waals surface area (Å²) in [7, 11) is -2.98. The molecule has 2 fully saturated rings. The minimum atomic E-state index is -2.98. The van der Waals surface area contributed by atoms with Gasteiger partial charge in [0.05, 0.1) is 11.5 Å². The van der Waals surface area contributed by atoms with Crippen LogP contribution >= 0.6 is 0 Å². The maximum Gasteiger partial charge on any atom is 0.321 e. The Balaban J connectivity index is 1.65. The number of carbonyl (C=O) groups excluding carboxylic acids is 1. The first-order chi connectivity index (χ1) is 9.82. The molecule has 2 aliphatic heterocycles. The molecule has 0 bridgehead atoms. The number of rotatable bonds is 1. The molecule has 2 atom stereocenters. The van der Waals surface area contributed by atoms with Gasteiger partial charge in [-0.25, -0.2) is 22.0 Å². The number of anilines is 1. The molecule has 0 radical (unpaired) electrons. The van der Waals surface area contributed by atoms with Gasteiger partial charge in [0.1, 0.15) is 11.6 Å². The molecule has 1 N–H and O–H groups in total. The standard InChI is InChI=1S/C13H14F2N2O3S/c14-10-1-11(15)3-12(2-10)16-13(18)17-4-8-6-21(19,20)7-9(8)5-17/h1-3,8-9H,4-7H2,(H,16,18)/t8-,9+. The van der Waals surface area contributed by atoms with Gasteiger partial charge in [-0.15, -0.1) is 0 Å². The Hall–Kier alpha value is -1.70. The lowest BCUT2D eigenvalue weighted by Gasteiger charge is -2.18. The van der Waals surface area contributed by atoms with Crippen LogP contribution in [0.1, 0.15) is 0 Å². The smallest absolute Gasteiger partial charge is 0.321 e. The monoisotopic (exact) mass is 316 g/mol. The second kappa shape index (κ2) is 4.94. The summed E-state index contributed by atoms with van der Waals surface area (Å²) in [6.45, 7) is 0.709. The molecule has 114 valence electrons. The molecule has 0 spiro atoms. The third kappa shape index (κ3) is 2.99. The number of nitrogens with zero attached hydrogens (tertiary/aromatic N) is 1. The van der Waals surface area contributed by atoms with Crippen LogP contribution in [0.4, 0.5) is 19.3 Å². The van der Waals surface area contributed by atoms with Gasteiger partial charge in [0.15, 0.2) is 9.84 Å². The molecule has 0 unspecified atom stereocenters. The Morgan fingerprint density at radius 1 is 1.10 bits per heavy atom. The lowest BCUT2D eigenvalue weighted by molar-refractivity contribution is 0.220. The topological polar surface area (TPSA) is 66.5 Å². The predicted molar refractivity (Wildman–Crippen MR) is 72.6 cm³/mol. The van der Waals surface area contributed by atoms with Gasteiger partial charge in [0.25, 0.3) is 0 Å². The molecule has 2 saturated heterocycles. The Morgan fingerprint density at radius 3 is 2.14 bits per heavy atom. The molecule has 3 rings (SSSR count). The average molecular weight is 316 g/mol. The van der Waals surface area contributed by atoms with Crippen LogP contribution in [0.2, 0.25) is 0 Å². The van der Waals surface area contributed by atoms with Gasteiger partial charge in [0.2, 0.25) is 0 Å². The Morgan fingerprint density at radius 2 is 1.62 bits per heavy atom. The summed E-state index contributed by atoms with van der Waals surface area (Å²) in [4.78, 5) is 13.5. The van der Waals surface area contributed by atoms with Gasteiger partial charge in [-0.1, -0.05) is 0 Å². The van der Waals surface area contributed by atoms with Crippen molar-refractivity contribution in [1.29, 1.82) is 0 Å². The number of likely N-dealkylation sites (tertiary alicyclic amines) is 1. The summed E-state index contributed by atoms with van der Waals surface area (Å²) >= 11 is 0. The number of amides is 2. The fourth-order valence-electron chi connectivity index (χ4n) is 3.03. The molecule has 21 heavy (non-hydrogen) atoms. The van der Waals surface area contributed by atoms with E-state index in [0.29, 0.717) is 13.1 Å². The molecule has 5 nitrogen and oxygen atoms in total. The largest absolute Gasteiger partial charge is 0.324 e. The zero-order valence-corrected chi connectivity index (χ0v) is 11.9. The van der Waals surface area contributed by atoms with Crippen LogP contribution in [0, 0.1) is 23.5 Å². The van der Waals surface area contributed by atoms with E-state index < -0.39 is 27.5 Å². The highest BCUT2D eigenvalue weighted by atomic mass is 32.2. The van der Waals surface area contributed by atoms with Gasteiger partial charge >= 0.3 is 6.03 Å². The van der Waals surface area contributed by atoms with Crippen LogP contribution in [0.5, 0.6) is 0 Å². The first kappa shape index (κ1) is 14.2. The van der Waals surface area contributed by atoms with Crippen molar-refractivity contribution in [3.05, 3.63) is 29.8 Å². The molecular weight excluding hydrogens is 302 g/mol. The fraction of sp³-hybridized carbons (Fsp3) is 0.462. The van der Waals surface area contributed by atoms with E-state index in [9.17, 15) is 22.0 Å². The summed E-state index contributed by atoms with van der Waals surface area (Å²) in [5.41, 5.74) is 0.0437. The van der Waals surface area contributed by atoms with Crippen LogP contribution in [-0.4, -0.2) is 43.9 Å². The van der Waals surface area contributed by atoms with Crippen LogP contribution in [0.3, 0.4) is 0 Å². The maximum atomic E-state index is 13.1. The van der Waals surface area contributed by atoms with Crippen molar-refractivity contribution >= 4 is 21.6 Å². The van der Waals surface area contributed by atoms with E-state index in [2.05, 4.69) is 5.32 Å². The fourth-order valence-corrected chi connectivity index (χ4v) is 5.23. The Kier molecular flexibility index (Phi) is 3.35. The van der Waals surface area contributed by atoms with Gasteiger partial charge < -0.3 is 10.2 Å². The average Bonchev–Trinajstić information content (AvgIpc) is 2.80. The highest BCUT2D eigenvalue weighted by molar-refractivity contribution is 7.91. The van der Waals surface area contributed by atoms with Gasteiger partial charge in [-0.3, -0.25) is 0 Å². The highest BCUT2D eigenvalue weighted by Crippen LogP contribution is 2.32.